The first kappa shape index (κ1) is 14.7. The number of carbonyl (C=O) groups is 1. The molecule has 4 nitrogen and oxygen atoms in total. The SMILES string of the molecule is C[C@@H]1C[C@H](C)CN(C(=O)c2ccc(-c3ccccc3N)o2)C1. The van der Waals surface area contributed by atoms with Crippen molar-refractivity contribution >= 4 is 11.6 Å². The smallest absolute Gasteiger partial charge is 0.289 e. The zero-order chi connectivity index (χ0) is 15.7. The lowest BCUT2D eigenvalue weighted by Gasteiger charge is -2.34. The second-order valence-electron chi connectivity index (χ2n) is 6.41. The Morgan fingerprint density at radius 2 is 1.82 bits per heavy atom. The van der Waals surface area contributed by atoms with Gasteiger partial charge in [-0.3, -0.25) is 4.79 Å². The maximum absolute atomic E-state index is 12.6. The molecule has 2 heterocycles. The van der Waals surface area contributed by atoms with E-state index in [0.717, 1.165) is 18.7 Å². The lowest BCUT2D eigenvalue weighted by atomic mass is 9.92. The van der Waals surface area contributed by atoms with E-state index >= 15 is 0 Å². The van der Waals surface area contributed by atoms with Crippen molar-refractivity contribution in [3.8, 4) is 11.3 Å². The zero-order valence-corrected chi connectivity index (χ0v) is 13.1. The molecular weight excluding hydrogens is 276 g/mol. The molecule has 3 rings (SSSR count). The van der Waals surface area contributed by atoms with E-state index < -0.39 is 0 Å². The molecule has 1 aliphatic heterocycles. The van der Waals surface area contributed by atoms with Crippen LogP contribution in [-0.4, -0.2) is 23.9 Å². The van der Waals surface area contributed by atoms with Gasteiger partial charge in [0, 0.05) is 24.3 Å². The molecule has 0 unspecified atom stereocenters. The van der Waals surface area contributed by atoms with E-state index in [1.165, 1.54) is 6.42 Å². The summed E-state index contributed by atoms with van der Waals surface area (Å²) >= 11 is 0. The van der Waals surface area contributed by atoms with Crippen molar-refractivity contribution in [1.82, 2.24) is 4.90 Å². The van der Waals surface area contributed by atoms with E-state index in [2.05, 4.69) is 13.8 Å². The Labute approximate surface area is 130 Å². The molecule has 1 aromatic heterocycles. The van der Waals surface area contributed by atoms with Crippen LogP contribution in [0.25, 0.3) is 11.3 Å². The highest BCUT2D eigenvalue weighted by molar-refractivity contribution is 5.92. The summed E-state index contributed by atoms with van der Waals surface area (Å²) in [5.41, 5.74) is 7.43. The van der Waals surface area contributed by atoms with Crippen molar-refractivity contribution in [3.05, 3.63) is 42.2 Å². The fourth-order valence-corrected chi connectivity index (χ4v) is 3.30. The maximum Gasteiger partial charge on any atom is 0.289 e. The Hall–Kier alpha value is -2.23. The lowest BCUT2D eigenvalue weighted by molar-refractivity contribution is 0.0592. The third-order valence-corrected chi connectivity index (χ3v) is 4.20. The molecule has 1 saturated heterocycles. The van der Waals surface area contributed by atoms with Gasteiger partial charge >= 0.3 is 0 Å². The molecule has 0 saturated carbocycles. The third kappa shape index (κ3) is 2.86. The first-order valence-corrected chi connectivity index (χ1v) is 7.78. The molecule has 1 amide bonds. The highest BCUT2D eigenvalue weighted by atomic mass is 16.4. The molecule has 2 atom stereocenters. The number of carbonyl (C=O) groups excluding carboxylic acids is 1. The minimum absolute atomic E-state index is 0.0286. The Kier molecular flexibility index (Phi) is 3.92. The van der Waals surface area contributed by atoms with Crippen molar-refractivity contribution in [2.24, 2.45) is 11.8 Å². The highest BCUT2D eigenvalue weighted by Crippen LogP contribution is 2.29. The normalized spacial score (nSPS) is 21.8. The Morgan fingerprint density at radius 1 is 1.14 bits per heavy atom. The average molecular weight is 298 g/mol. The van der Waals surface area contributed by atoms with Crippen LogP contribution in [0.4, 0.5) is 5.69 Å². The van der Waals surface area contributed by atoms with Crippen molar-refractivity contribution in [3.63, 3.8) is 0 Å². The van der Waals surface area contributed by atoms with Crippen LogP contribution in [0.2, 0.25) is 0 Å². The predicted octanol–water partition coefficient (Wildman–Crippen LogP) is 3.65. The fraction of sp³-hybridized carbons (Fsp3) is 0.389. The van der Waals surface area contributed by atoms with Gasteiger partial charge in [0.25, 0.3) is 5.91 Å². The van der Waals surface area contributed by atoms with Crippen LogP contribution in [-0.2, 0) is 0 Å². The molecule has 1 aliphatic rings. The minimum atomic E-state index is -0.0286. The molecular formula is C18H22N2O2. The van der Waals surface area contributed by atoms with E-state index in [-0.39, 0.29) is 5.91 Å². The first-order chi connectivity index (χ1) is 10.5. The molecule has 0 radical (unpaired) electrons. The third-order valence-electron chi connectivity index (χ3n) is 4.20. The summed E-state index contributed by atoms with van der Waals surface area (Å²) in [6.07, 6.45) is 1.17. The summed E-state index contributed by atoms with van der Waals surface area (Å²) in [6.45, 7) is 5.97. The monoisotopic (exact) mass is 298 g/mol. The highest BCUT2D eigenvalue weighted by Gasteiger charge is 2.27. The number of hydrogen-bond donors (Lipinski definition) is 1. The maximum atomic E-state index is 12.6. The molecule has 2 N–H and O–H groups in total. The van der Waals surface area contributed by atoms with Gasteiger partial charge in [-0.2, -0.15) is 0 Å². The van der Waals surface area contributed by atoms with Crippen molar-refractivity contribution in [2.45, 2.75) is 20.3 Å². The largest absolute Gasteiger partial charge is 0.451 e. The van der Waals surface area contributed by atoms with E-state index in [0.29, 0.717) is 29.0 Å². The number of hydrogen-bond acceptors (Lipinski definition) is 3. The predicted molar refractivity (Wildman–Crippen MR) is 87.4 cm³/mol. The second kappa shape index (κ2) is 5.87. The number of likely N-dealkylation sites (tertiary alicyclic amines) is 1. The summed E-state index contributed by atoms with van der Waals surface area (Å²) in [5, 5.41) is 0. The number of nitrogens with zero attached hydrogens (tertiary/aromatic N) is 1. The number of para-hydroxylation sites is 1. The van der Waals surface area contributed by atoms with Gasteiger partial charge in [-0.05, 0) is 42.5 Å². The molecule has 0 bridgehead atoms. The number of benzene rings is 1. The van der Waals surface area contributed by atoms with Gasteiger partial charge in [-0.1, -0.05) is 26.0 Å². The number of rotatable bonds is 2. The standard InChI is InChI=1S/C18H22N2O2/c1-12-9-13(2)11-20(10-12)18(21)17-8-7-16(22-17)14-5-3-4-6-15(14)19/h3-8,12-13H,9-11,19H2,1-2H3/t12-,13+. The fourth-order valence-electron chi connectivity index (χ4n) is 3.30. The minimum Gasteiger partial charge on any atom is -0.451 e. The Bertz CT molecular complexity index is 667. The van der Waals surface area contributed by atoms with Crippen molar-refractivity contribution in [2.75, 3.05) is 18.8 Å². The summed E-state index contributed by atoms with van der Waals surface area (Å²) in [5.74, 6) is 2.07. The Morgan fingerprint density at radius 3 is 2.50 bits per heavy atom. The Balaban J connectivity index is 1.82. The molecule has 22 heavy (non-hydrogen) atoms. The van der Waals surface area contributed by atoms with Crippen molar-refractivity contribution in [1.29, 1.82) is 0 Å². The van der Waals surface area contributed by atoms with Gasteiger partial charge in [-0.15, -0.1) is 0 Å². The van der Waals surface area contributed by atoms with Crippen LogP contribution in [0.1, 0.15) is 30.8 Å². The lowest BCUT2D eigenvalue weighted by Crippen LogP contribution is -2.42. The van der Waals surface area contributed by atoms with Crippen LogP contribution in [0.5, 0.6) is 0 Å². The van der Waals surface area contributed by atoms with Crippen LogP contribution >= 0.6 is 0 Å². The van der Waals surface area contributed by atoms with Crippen LogP contribution in [0, 0.1) is 11.8 Å². The molecule has 116 valence electrons. The second-order valence-corrected chi connectivity index (χ2v) is 6.41. The summed E-state index contributed by atoms with van der Waals surface area (Å²) in [7, 11) is 0. The first-order valence-electron chi connectivity index (χ1n) is 7.78. The summed E-state index contributed by atoms with van der Waals surface area (Å²) < 4.78 is 5.76. The molecule has 2 aromatic rings. The molecule has 0 aliphatic carbocycles. The number of nitrogens with two attached hydrogens (primary N) is 1. The summed E-state index contributed by atoms with van der Waals surface area (Å²) in [4.78, 5) is 14.5. The van der Waals surface area contributed by atoms with Crippen LogP contribution in [0.15, 0.2) is 40.8 Å². The average Bonchev–Trinajstić information content (AvgIpc) is 2.95. The van der Waals surface area contributed by atoms with Gasteiger partial charge in [-0.25, -0.2) is 0 Å². The molecule has 4 heteroatoms. The molecule has 1 fully saturated rings. The van der Waals surface area contributed by atoms with Gasteiger partial charge in [0.05, 0.1) is 0 Å². The van der Waals surface area contributed by atoms with Crippen molar-refractivity contribution < 1.29 is 9.21 Å². The number of nitrogen functional groups attached to an aromatic ring is 1. The van der Waals surface area contributed by atoms with Gasteiger partial charge in [0.2, 0.25) is 0 Å². The summed E-state index contributed by atoms with van der Waals surface area (Å²) in [6, 6.07) is 11.1. The van der Waals surface area contributed by atoms with Gasteiger partial charge in [0.1, 0.15) is 5.76 Å². The van der Waals surface area contributed by atoms with E-state index in [4.69, 9.17) is 10.2 Å². The number of piperidine rings is 1. The zero-order valence-electron chi connectivity index (χ0n) is 13.1. The number of anilines is 1. The molecule has 0 spiro atoms. The quantitative estimate of drug-likeness (QED) is 0.861. The molecule has 1 aromatic carbocycles. The topological polar surface area (TPSA) is 59.5 Å². The van der Waals surface area contributed by atoms with Crippen LogP contribution in [0.3, 0.4) is 0 Å². The van der Waals surface area contributed by atoms with E-state index in [1.54, 1.807) is 6.07 Å². The van der Waals surface area contributed by atoms with Gasteiger partial charge < -0.3 is 15.1 Å². The number of amides is 1. The number of furan rings is 1. The van der Waals surface area contributed by atoms with E-state index in [9.17, 15) is 4.79 Å². The van der Waals surface area contributed by atoms with E-state index in [1.807, 2.05) is 35.2 Å². The van der Waals surface area contributed by atoms with Gasteiger partial charge in [0.15, 0.2) is 5.76 Å². The van der Waals surface area contributed by atoms with Crippen LogP contribution < -0.4 is 5.73 Å².